The van der Waals surface area contributed by atoms with Gasteiger partial charge in [0.15, 0.2) is 0 Å². The van der Waals surface area contributed by atoms with Gasteiger partial charge in [-0.15, -0.1) is 11.8 Å². The van der Waals surface area contributed by atoms with Gasteiger partial charge in [-0.05, 0) is 47.9 Å². The van der Waals surface area contributed by atoms with E-state index in [2.05, 4.69) is 4.72 Å². The standard InChI is InChI=1S/C21H20ClNO2S2/c1-2-16-8-11-19(12-9-16)27(24,25)23-20-14-18(22)10-13-21(20)26-15-17-6-4-3-5-7-17/h3-14,23H,2,15H2,1H3. The Labute approximate surface area is 169 Å². The van der Waals surface area contributed by atoms with Crippen molar-refractivity contribution in [1.29, 1.82) is 0 Å². The van der Waals surface area contributed by atoms with Crippen LogP contribution in [-0.4, -0.2) is 8.42 Å². The number of halogens is 1. The number of sulfonamides is 1. The molecule has 0 aliphatic carbocycles. The molecular weight excluding hydrogens is 398 g/mol. The van der Waals surface area contributed by atoms with Crippen LogP contribution in [-0.2, 0) is 22.2 Å². The van der Waals surface area contributed by atoms with E-state index in [0.29, 0.717) is 10.7 Å². The van der Waals surface area contributed by atoms with Gasteiger partial charge in [-0.2, -0.15) is 0 Å². The lowest BCUT2D eigenvalue weighted by molar-refractivity contribution is 0.601. The topological polar surface area (TPSA) is 46.2 Å². The lowest BCUT2D eigenvalue weighted by atomic mass is 10.2. The van der Waals surface area contributed by atoms with Crippen molar-refractivity contribution in [2.24, 2.45) is 0 Å². The molecule has 0 amide bonds. The second-order valence-corrected chi connectivity index (χ2v) is 9.15. The normalized spacial score (nSPS) is 11.3. The van der Waals surface area contributed by atoms with Gasteiger partial charge in [0.05, 0.1) is 10.6 Å². The van der Waals surface area contributed by atoms with Crippen LogP contribution in [0.5, 0.6) is 0 Å². The fourth-order valence-corrected chi connectivity index (χ4v) is 4.80. The third kappa shape index (κ3) is 5.28. The Morgan fingerprint density at radius 1 is 0.926 bits per heavy atom. The predicted molar refractivity (Wildman–Crippen MR) is 114 cm³/mol. The van der Waals surface area contributed by atoms with Crippen LogP contribution in [0.2, 0.25) is 5.02 Å². The van der Waals surface area contributed by atoms with Gasteiger partial charge in [-0.25, -0.2) is 8.42 Å². The molecule has 0 saturated heterocycles. The fourth-order valence-electron chi connectivity index (χ4n) is 2.55. The summed E-state index contributed by atoms with van der Waals surface area (Å²) in [6.45, 7) is 2.03. The molecule has 0 aliphatic heterocycles. The smallest absolute Gasteiger partial charge is 0.261 e. The number of aryl methyl sites for hydroxylation is 1. The lowest BCUT2D eigenvalue weighted by Crippen LogP contribution is -2.13. The maximum Gasteiger partial charge on any atom is 0.261 e. The molecule has 140 valence electrons. The van der Waals surface area contributed by atoms with Gasteiger partial charge >= 0.3 is 0 Å². The first-order valence-electron chi connectivity index (χ1n) is 8.56. The van der Waals surface area contributed by atoms with Gasteiger partial charge in [0.1, 0.15) is 0 Å². The molecule has 0 unspecified atom stereocenters. The molecule has 0 aromatic heterocycles. The first-order chi connectivity index (χ1) is 13.0. The van der Waals surface area contributed by atoms with E-state index in [4.69, 9.17) is 11.6 Å². The number of hydrogen-bond acceptors (Lipinski definition) is 3. The number of rotatable bonds is 7. The summed E-state index contributed by atoms with van der Waals surface area (Å²) in [5.41, 5.74) is 2.75. The van der Waals surface area contributed by atoms with Crippen LogP contribution in [0.3, 0.4) is 0 Å². The summed E-state index contributed by atoms with van der Waals surface area (Å²) in [5, 5.41) is 0.484. The third-order valence-corrected chi connectivity index (χ3v) is 6.83. The molecule has 0 spiro atoms. The van der Waals surface area contributed by atoms with E-state index in [-0.39, 0.29) is 4.90 Å². The van der Waals surface area contributed by atoms with Gasteiger partial charge < -0.3 is 0 Å². The zero-order chi connectivity index (χ0) is 19.3. The quantitative estimate of drug-likeness (QED) is 0.480. The molecule has 6 heteroatoms. The SMILES string of the molecule is CCc1ccc(S(=O)(=O)Nc2cc(Cl)ccc2SCc2ccccc2)cc1. The van der Waals surface area contributed by atoms with Crippen molar-refractivity contribution >= 4 is 39.1 Å². The highest BCUT2D eigenvalue weighted by atomic mass is 35.5. The number of benzene rings is 3. The Kier molecular flexibility index (Phi) is 6.47. The summed E-state index contributed by atoms with van der Waals surface area (Å²) in [5.74, 6) is 0.738. The minimum absolute atomic E-state index is 0.235. The minimum atomic E-state index is -3.68. The third-order valence-electron chi connectivity index (χ3n) is 4.06. The highest BCUT2D eigenvalue weighted by molar-refractivity contribution is 7.98. The molecule has 3 nitrogen and oxygen atoms in total. The number of nitrogens with one attached hydrogen (secondary N) is 1. The average molecular weight is 418 g/mol. The molecule has 3 rings (SSSR count). The number of hydrogen-bond donors (Lipinski definition) is 1. The predicted octanol–water partition coefficient (Wildman–Crippen LogP) is 6.00. The average Bonchev–Trinajstić information content (AvgIpc) is 2.68. The molecule has 0 saturated carbocycles. The van der Waals surface area contributed by atoms with Crippen LogP contribution >= 0.6 is 23.4 Å². The zero-order valence-corrected chi connectivity index (χ0v) is 17.2. The van der Waals surface area contributed by atoms with E-state index < -0.39 is 10.0 Å². The first kappa shape index (κ1) is 19.8. The molecule has 3 aromatic carbocycles. The first-order valence-corrected chi connectivity index (χ1v) is 11.4. The van der Waals surface area contributed by atoms with Crippen molar-refractivity contribution in [2.45, 2.75) is 28.9 Å². The Bertz CT molecular complexity index is 1000. The van der Waals surface area contributed by atoms with Crippen molar-refractivity contribution in [3.63, 3.8) is 0 Å². The largest absolute Gasteiger partial charge is 0.278 e. The molecule has 0 atom stereocenters. The summed E-state index contributed by atoms with van der Waals surface area (Å²) >= 11 is 7.67. The van der Waals surface area contributed by atoms with Crippen molar-refractivity contribution in [2.75, 3.05) is 4.72 Å². The molecule has 27 heavy (non-hydrogen) atoms. The van der Waals surface area contributed by atoms with E-state index in [1.165, 1.54) is 5.56 Å². The zero-order valence-electron chi connectivity index (χ0n) is 14.9. The Morgan fingerprint density at radius 2 is 1.63 bits per heavy atom. The number of anilines is 1. The summed E-state index contributed by atoms with van der Waals surface area (Å²) in [6.07, 6.45) is 0.863. The van der Waals surface area contributed by atoms with Crippen molar-refractivity contribution < 1.29 is 8.42 Å². The second-order valence-electron chi connectivity index (χ2n) is 6.02. The Hall–Kier alpha value is -1.95. The minimum Gasteiger partial charge on any atom is -0.278 e. The monoisotopic (exact) mass is 417 g/mol. The summed E-state index contributed by atoms with van der Waals surface area (Å²) in [4.78, 5) is 1.07. The van der Waals surface area contributed by atoms with Crippen LogP contribution in [0, 0.1) is 0 Å². The molecule has 1 N–H and O–H groups in total. The summed E-state index contributed by atoms with van der Waals surface area (Å²) < 4.78 is 28.2. The van der Waals surface area contributed by atoms with Gasteiger partial charge in [-0.3, -0.25) is 4.72 Å². The van der Waals surface area contributed by atoms with Gasteiger partial charge in [0, 0.05) is 15.7 Å². The summed E-state index contributed by atoms with van der Waals surface area (Å²) in [7, 11) is -3.68. The molecule has 0 fully saturated rings. The van der Waals surface area contributed by atoms with Crippen LogP contribution in [0.4, 0.5) is 5.69 Å². The van der Waals surface area contributed by atoms with E-state index >= 15 is 0 Å². The molecule has 3 aromatic rings. The van der Waals surface area contributed by atoms with Crippen molar-refractivity contribution in [3.05, 3.63) is 88.9 Å². The molecule has 0 bridgehead atoms. The van der Waals surface area contributed by atoms with Gasteiger partial charge in [0.2, 0.25) is 0 Å². The van der Waals surface area contributed by atoms with E-state index in [9.17, 15) is 8.42 Å². The molecule has 0 heterocycles. The fraction of sp³-hybridized carbons (Fsp3) is 0.143. The van der Waals surface area contributed by atoms with Crippen LogP contribution < -0.4 is 4.72 Å². The van der Waals surface area contributed by atoms with E-state index in [0.717, 1.165) is 22.6 Å². The molecule has 0 radical (unpaired) electrons. The summed E-state index contributed by atoms with van der Waals surface area (Å²) in [6, 6.07) is 22.2. The number of thioether (sulfide) groups is 1. The Balaban J connectivity index is 1.83. The van der Waals surface area contributed by atoms with Crippen LogP contribution in [0.15, 0.2) is 82.6 Å². The van der Waals surface area contributed by atoms with Crippen molar-refractivity contribution in [1.82, 2.24) is 0 Å². The van der Waals surface area contributed by atoms with Crippen LogP contribution in [0.25, 0.3) is 0 Å². The molecular formula is C21H20ClNO2S2. The van der Waals surface area contributed by atoms with Gasteiger partial charge in [0.25, 0.3) is 10.0 Å². The maximum atomic E-state index is 12.8. The molecule has 0 aliphatic rings. The highest BCUT2D eigenvalue weighted by Gasteiger charge is 2.16. The van der Waals surface area contributed by atoms with Gasteiger partial charge in [-0.1, -0.05) is 61.0 Å². The Morgan fingerprint density at radius 3 is 2.30 bits per heavy atom. The van der Waals surface area contributed by atoms with Crippen LogP contribution in [0.1, 0.15) is 18.1 Å². The second kappa shape index (κ2) is 8.83. The van der Waals surface area contributed by atoms with Crippen molar-refractivity contribution in [3.8, 4) is 0 Å². The van der Waals surface area contributed by atoms with E-state index in [1.54, 1.807) is 36.0 Å². The maximum absolute atomic E-state index is 12.8. The lowest BCUT2D eigenvalue weighted by Gasteiger charge is -2.13. The van der Waals surface area contributed by atoms with E-state index in [1.807, 2.05) is 55.5 Å². The highest BCUT2D eigenvalue weighted by Crippen LogP contribution is 2.33.